The summed E-state index contributed by atoms with van der Waals surface area (Å²) in [6.07, 6.45) is 0.463. The van der Waals surface area contributed by atoms with Crippen molar-refractivity contribution in [3.05, 3.63) is 108 Å². The van der Waals surface area contributed by atoms with E-state index in [9.17, 15) is 9.96 Å². The number of carbonyl (C=O) groups excluding carboxylic acids is 1. The molecule has 0 saturated carbocycles. The summed E-state index contributed by atoms with van der Waals surface area (Å²) in [7, 11) is -2.92. The summed E-state index contributed by atoms with van der Waals surface area (Å²) in [6, 6.07) is 29.9. The highest BCUT2D eigenvalue weighted by molar-refractivity contribution is 7.72. The molecule has 1 fully saturated rings. The molecule has 33 heavy (non-hydrogen) atoms. The van der Waals surface area contributed by atoms with Gasteiger partial charge in [-0.3, -0.25) is 9.96 Å². The topological polar surface area (TPSA) is 56.6 Å². The smallest absolute Gasteiger partial charge is 0.313 e. The number of hydrogen-bond acceptors (Lipinski definition) is 3. The van der Waals surface area contributed by atoms with Crippen LogP contribution in [-0.4, -0.2) is 25.7 Å². The van der Waals surface area contributed by atoms with E-state index in [0.717, 1.165) is 16.9 Å². The van der Waals surface area contributed by atoms with Crippen molar-refractivity contribution < 1.29 is 9.53 Å². The largest absolute Gasteiger partial charge is 0.466 e. The van der Waals surface area contributed by atoms with E-state index in [-0.39, 0.29) is 5.97 Å². The van der Waals surface area contributed by atoms with Gasteiger partial charge in [0.2, 0.25) is 0 Å². The molecule has 0 spiro atoms. The quantitative estimate of drug-likeness (QED) is 0.306. The number of hydrogen-bond donors (Lipinski definition) is 1. The highest BCUT2D eigenvalue weighted by Crippen LogP contribution is 2.67. The Kier molecular flexibility index (Phi) is 7.00. The first kappa shape index (κ1) is 22.9. The molecule has 0 amide bonds. The summed E-state index contributed by atoms with van der Waals surface area (Å²) in [5, 5.41) is 10.6. The lowest BCUT2D eigenvalue weighted by molar-refractivity contribution is -0.146. The monoisotopic (exact) mass is 459 g/mol. The maximum absolute atomic E-state index is 13.2. The molecule has 6 heteroatoms. The van der Waals surface area contributed by atoms with Crippen molar-refractivity contribution in [2.45, 2.75) is 13.3 Å². The van der Waals surface area contributed by atoms with E-state index in [1.807, 2.05) is 97.9 Å². The maximum Gasteiger partial charge on any atom is 0.313 e. The summed E-state index contributed by atoms with van der Waals surface area (Å²) < 4.78 is 9.76. The van der Waals surface area contributed by atoms with Crippen LogP contribution in [0.2, 0.25) is 0 Å². The Morgan fingerprint density at radius 3 is 1.82 bits per heavy atom. The van der Waals surface area contributed by atoms with Crippen molar-refractivity contribution in [3.8, 4) is 0 Å². The minimum absolute atomic E-state index is 0.297. The number of nitrogens with one attached hydrogen (secondary N) is 1. The SMILES string of the molecule is C=C(C(Cc1ccccc1)C(=O)OCC)P1(=N)N(c2ccccc2)CCN1c1ccccc1. The van der Waals surface area contributed by atoms with E-state index >= 15 is 0 Å². The Labute approximate surface area is 196 Å². The van der Waals surface area contributed by atoms with Crippen LogP contribution in [0.15, 0.2) is 103 Å². The summed E-state index contributed by atoms with van der Waals surface area (Å²) in [6.45, 7) is 7.93. The lowest BCUT2D eigenvalue weighted by atomic mass is 9.99. The van der Waals surface area contributed by atoms with Crippen LogP contribution in [0.1, 0.15) is 12.5 Å². The molecule has 3 aromatic carbocycles. The predicted molar refractivity (Wildman–Crippen MR) is 137 cm³/mol. The van der Waals surface area contributed by atoms with Gasteiger partial charge in [-0.2, -0.15) is 0 Å². The van der Waals surface area contributed by atoms with Crippen molar-refractivity contribution in [1.29, 1.82) is 5.16 Å². The van der Waals surface area contributed by atoms with Crippen LogP contribution < -0.4 is 9.34 Å². The third kappa shape index (κ3) is 4.60. The lowest BCUT2D eigenvalue weighted by Gasteiger charge is -2.39. The van der Waals surface area contributed by atoms with E-state index in [1.165, 1.54) is 0 Å². The zero-order chi connectivity index (χ0) is 23.3. The Bertz CT molecular complexity index is 1080. The number of carbonyl (C=O) groups is 1. The van der Waals surface area contributed by atoms with Crippen molar-refractivity contribution in [1.82, 2.24) is 0 Å². The zero-order valence-electron chi connectivity index (χ0n) is 18.9. The fourth-order valence-electron chi connectivity index (χ4n) is 4.36. The van der Waals surface area contributed by atoms with Gasteiger partial charge in [0.25, 0.3) is 0 Å². The van der Waals surface area contributed by atoms with E-state index in [1.54, 1.807) is 0 Å². The first-order chi connectivity index (χ1) is 16.1. The molecule has 0 aromatic heterocycles. The van der Waals surface area contributed by atoms with Gasteiger partial charge >= 0.3 is 5.97 Å². The second-order valence-electron chi connectivity index (χ2n) is 8.00. The fourth-order valence-corrected chi connectivity index (χ4v) is 7.56. The standard InChI is InChI=1S/C27H30N3O2P/c1-3-32-27(31)26(21-23-13-7-4-8-14-23)22(2)33(28)29(24-15-9-5-10-16-24)19-20-30(33)25-17-11-6-12-18-25/h4-18,26,28H,2-3,19-21H2,1H3. The lowest BCUT2D eigenvalue weighted by Crippen LogP contribution is -2.28. The van der Waals surface area contributed by atoms with Gasteiger partial charge in [-0.1, -0.05) is 73.3 Å². The summed E-state index contributed by atoms with van der Waals surface area (Å²) in [5.74, 6) is -0.917. The van der Waals surface area contributed by atoms with Gasteiger partial charge in [-0.15, -0.1) is 0 Å². The molecule has 0 bridgehead atoms. The summed E-state index contributed by atoms with van der Waals surface area (Å²) >= 11 is 0. The number of rotatable bonds is 8. The maximum atomic E-state index is 13.2. The second-order valence-corrected chi connectivity index (χ2v) is 10.7. The molecule has 170 valence electrons. The number of benzene rings is 3. The summed E-state index contributed by atoms with van der Waals surface area (Å²) in [5.41, 5.74) is 2.98. The van der Waals surface area contributed by atoms with Gasteiger partial charge in [-0.25, -0.2) is 0 Å². The molecule has 0 radical (unpaired) electrons. The Morgan fingerprint density at radius 1 is 0.909 bits per heavy atom. The normalized spacial score (nSPS) is 15.8. The van der Waals surface area contributed by atoms with E-state index < -0.39 is 13.3 Å². The van der Waals surface area contributed by atoms with Gasteiger partial charge < -0.3 is 14.1 Å². The van der Waals surface area contributed by atoms with Crippen LogP contribution in [0.3, 0.4) is 0 Å². The Morgan fingerprint density at radius 2 is 1.36 bits per heavy atom. The van der Waals surface area contributed by atoms with Gasteiger partial charge in [0.1, 0.15) is 0 Å². The molecule has 1 heterocycles. The highest BCUT2D eigenvalue weighted by Gasteiger charge is 2.45. The molecule has 1 aliphatic rings. The van der Waals surface area contributed by atoms with Crippen LogP contribution in [0, 0.1) is 11.1 Å². The predicted octanol–water partition coefficient (Wildman–Crippen LogP) is 6.56. The molecule has 4 rings (SSSR count). The first-order valence-electron chi connectivity index (χ1n) is 11.3. The molecule has 0 aliphatic carbocycles. The van der Waals surface area contributed by atoms with E-state index in [4.69, 9.17) is 4.74 Å². The average Bonchev–Trinajstić information content (AvgIpc) is 3.22. The minimum atomic E-state index is -2.92. The molecular weight excluding hydrogens is 429 g/mol. The third-order valence-electron chi connectivity index (χ3n) is 5.99. The van der Waals surface area contributed by atoms with Gasteiger partial charge in [0.15, 0.2) is 7.36 Å². The van der Waals surface area contributed by atoms with E-state index in [0.29, 0.717) is 31.4 Å². The van der Waals surface area contributed by atoms with Crippen LogP contribution in [0.5, 0.6) is 0 Å². The molecule has 1 unspecified atom stereocenters. The number of nitrogens with zero attached hydrogens (tertiary/aromatic N) is 2. The van der Waals surface area contributed by atoms with Crippen molar-refractivity contribution in [3.63, 3.8) is 0 Å². The average molecular weight is 460 g/mol. The second kappa shape index (κ2) is 10.1. The highest BCUT2D eigenvalue weighted by atomic mass is 31.2. The van der Waals surface area contributed by atoms with Crippen molar-refractivity contribution >= 4 is 24.7 Å². The Hall–Kier alpha value is -3.30. The number of esters is 1. The molecule has 5 nitrogen and oxygen atoms in total. The van der Waals surface area contributed by atoms with E-state index in [2.05, 4.69) is 15.9 Å². The van der Waals surface area contributed by atoms with Gasteiger partial charge in [-0.05, 0) is 43.2 Å². The van der Waals surface area contributed by atoms with Crippen LogP contribution in [-0.2, 0) is 16.0 Å². The minimum Gasteiger partial charge on any atom is -0.466 e. The molecule has 1 atom stereocenters. The molecule has 1 N–H and O–H groups in total. The fraction of sp³-hybridized carbons (Fsp3) is 0.222. The third-order valence-corrected chi connectivity index (χ3v) is 9.36. The number of para-hydroxylation sites is 2. The van der Waals surface area contributed by atoms with Crippen molar-refractivity contribution in [2.24, 2.45) is 5.92 Å². The first-order valence-corrected chi connectivity index (χ1v) is 13.0. The number of ether oxygens (including phenoxy) is 1. The number of anilines is 2. The summed E-state index contributed by atoms with van der Waals surface area (Å²) in [4.78, 5) is 13.2. The molecular formula is C27H30N3O2P. The van der Waals surface area contributed by atoms with Crippen LogP contribution in [0.4, 0.5) is 11.4 Å². The van der Waals surface area contributed by atoms with Crippen molar-refractivity contribution in [2.75, 3.05) is 29.0 Å². The Balaban J connectivity index is 1.79. The molecule has 3 aromatic rings. The zero-order valence-corrected chi connectivity index (χ0v) is 19.8. The van der Waals surface area contributed by atoms with Crippen LogP contribution in [0.25, 0.3) is 0 Å². The molecule has 1 saturated heterocycles. The van der Waals surface area contributed by atoms with Gasteiger partial charge in [0.05, 0.1) is 12.5 Å². The molecule has 1 aliphatic heterocycles. The van der Waals surface area contributed by atoms with Gasteiger partial charge in [0, 0.05) is 29.8 Å². The van der Waals surface area contributed by atoms with Crippen LogP contribution >= 0.6 is 7.36 Å².